The molecule has 1 saturated carbocycles. The normalized spacial score (nSPS) is 16.8. The maximum Gasteiger partial charge on any atom is 0.315 e. The summed E-state index contributed by atoms with van der Waals surface area (Å²) in [5, 5.41) is 14.4. The zero-order chi connectivity index (χ0) is 15.7. The molecule has 1 rings (SSSR count). The molecule has 0 aromatic heterocycles. The second kappa shape index (κ2) is 8.49. The Hall–Kier alpha value is -1.79. The van der Waals surface area contributed by atoms with E-state index in [1.807, 2.05) is 0 Å². The quantitative estimate of drug-likeness (QED) is 0.617. The summed E-state index contributed by atoms with van der Waals surface area (Å²) in [7, 11) is 0. The van der Waals surface area contributed by atoms with E-state index in [4.69, 9.17) is 9.84 Å². The minimum Gasteiger partial charge on any atom is -0.481 e. The number of rotatable bonds is 7. The molecule has 0 aromatic rings. The Morgan fingerprint density at radius 1 is 1.19 bits per heavy atom. The highest BCUT2D eigenvalue weighted by atomic mass is 16.5. The number of carbonyl (C=O) groups excluding carboxylic acids is 2. The van der Waals surface area contributed by atoms with Crippen LogP contribution in [0.4, 0.5) is 4.79 Å². The molecule has 21 heavy (non-hydrogen) atoms. The van der Waals surface area contributed by atoms with Gasteiger partial charge in [-0.2, -0.15) is 0 Å². The third-order valence-electron chi connectivity index (χ3n) is 3.60. The van der Waals surface area contributed by atoms with Crippen molar-refractivity contribution in [2.75, 3.05) is 13.2 Å². The minimum atomic E-state index is -0.913. The van der Waals surface area contributed by atoms with E-state index in [0.717, 1.165) is 19.3 Å². The van der Waals surface area contributed by atoms with Crippen LogP contribution >= 0.6 is 0 Å². The largest absolute Gasteiger partial charge is 0.481 e. The van der Waals surface area contributed by atoms with Gasteiger partial charge in [-0.1, -0.05) is 19.3 Å². The second-order valence-corrected chi connectivity index (χ2v) is 5.35. The van der Waals surface area contributed by atoms with Crippen LogP contribution in [0.2, 0.25) is 0 Å². The molecule has 0 atom stereocenters. The van der Waals surface area contributed by atoms with Crippen molar-refractivity contribution in [3.05, 3.63) is 0 Å². The van der Waals surface area contributed by atoms with E-state index < -0.39 is 17.5 Å². The molecular formula is C14H24N2O5. The van der Waals surface area contributed by atoms with Crippen LogP contribution < -0.4 is 10.6 Å². The number of carboxylic acid groups (broad SMARTS) is 1. The van der Waals surface area contributed by atoms with Crippen molar-refractivity contribution in [2.24, 2.45) is 0 Å². The van der Waals surface area contributed by atoms with E-state index in [2.05, 4.69) is 10.6 Å². The van der Waals surface area contributed by atoms with Gasteiger partial charge in [-0.15, -0.1) is 0 Å². The van der Waals surface area contributed by atoms with E-state index in [9.17, 15) is 14.4 Å². The summed E-state index contributed by atoms with van der Waals surface area (Å²) in [5.74, 6) is -1.28. The zero-order valence-electron chi connectivity index (χ0n) is 12.4. The lowest BCUT2D eigenvalue weighted by Crippen LogP contribution is -2.54. The van der Waals surface area contributed by atoms with Gasteiger partial charge in [0.15, 0.2) is 0 Å². The number of ether oxygens (including phenoxy) is 1. The van der Waals surface area contributed by atoms with Gasteiger partial charge in [0.25, 0.3) is 0 Å². The van der Waals surface area contributed by atoms with E-state index in [1.54, 1.807) is 6.92 Å². The van der Waals surface area contributed by atoms with Crippen LogP contribution in [-0.4, -0.2) is 41.8 Å². The van der Waals surface area contributed by atoms with Crippen LogP contribution in [0.3, 0.4) is 0 Å². The van der Waals surface area contributed by atoms with Gasteiger partial charge >= 0.3 is 18.0 Å². The fraction of sp³-hybridized carbons (Fsp3) is 0.786. The molecule has 3 N–H and O–H groups in total. The molecule has 0 heterocycles. The highest BCUT2D eigenvalue weighted by molar-refractivity contribution is 5.77. The van der Waals surface area contributed by atoms with Gasteiger partial charge in [0, 0.05) is 6.54 Å². The summed E-state index contributed by atoms with van der Waals surface area (Å²) in [6.45, 7) is 2.21. The minimum absolute atomic E-state index is 0.0711. The fourth-order valence-electron chi connectivity index (χ4n) is 2.66. The number of carbonyl (C=O) groups is 3. The summed E-state index contributed by atoms with van der Waals surface area (Å²) >= 11 is 0. The first-order valence-electron chi connectivity index (χ1n) is 7.41. The highest BCUT2D eigenvalue weighted by Crippen LogP contribution is 2.31. The molecule has 0 aromatic carbocycles. The summed E-state index contributed by atoms with van der Waals surface area (Å²) < 4.78 is 4.76. The fourth-order valence-corrected chi connectivity index (χ4v) is 2.66. The number of carboxylic acids is 1. The molecule has 120 valence electrons. The number of hydrogen-bond acceptors (Lipinski definition) is 4. The third-order valence-corrected chi connectivity index (χ3v) is 3.60. The molecule has 0 bridgehead atoms. The lowest BCUT2D eigenvalue weighted by Gasteiger charge is -2.36. The number of nitrogens with one attached hydrogen (secondary N) is 2. The second-order valence-electron chi connectivity index (χ2n) is 5.35. The molecule has 7 nitrogen and oxygen atoms in total. The van der Waals surface area contributed by atoms with Crippen molar-refractivity contribution in [1.82, 2.24) is 10.6 Å². The number of amides is 2. The Morgan fingerprint density at radius 3 is 2.43 bits per heavy atom. The SMILES string of the molecule is CCOC(=O)CCNC(=O)NC1(CC(=O)O)CCCCC1. The summed E-state index contributed by atoms with van der Waals surface area (Å²) in [6, 6.07) is -0.428. The topological polar surface area (TPSA) is 105 Å². The van der Waals surface area contributed by atoms with Gasteiger partial charge in [-0.05, 0) is 19.8 Å². The highest BCUT2D eigenvalue weighted by Gasteiger charge is 2.35. The van der Waals surface area contributed by atoms with Crippen LogP contribution in [0, 0.1) is 0 Å². The van der Waals surface area contributed by atoms with E-state index >= 15 is 0 Å². The van der Waals surface area contributed by atoms with Crippen LogP contribution in [0.15, 0.2) is 0 Å². The van der Waals surface area contributed by atoms with Gasteiger partial charge in [-0.25, -0.2) is 4.79 Å². The Kier molecular flexibility index (Phi) is 6.98. The van der Waals surface area contributed by atoms with E-state index in [1.165, 1.54) is 0 Å². The number of urea groups is 1. The predicted octanol–water partition coefficient (Wildman–Crippen LogP) is 1.42. The van der Waals surface area contributed by atoms with Crippen molar-refractivity contribution in [3.8, 4) is 0 Å². The first-order chi connectivity index (χ1) is 9.97. The maximum absolute atomic E-state index is 11.9. The first kappa shape index (κ1) is 17.3. The van der Waals surface area contributed by atoms with Crippen molar-refractivity contribution in [1.29, 1.82) is 0 Å². The summed E-state index contributed by atoms with van der Waals surface area (Å²) in [6.07, 6.45) is 4.26. The molecule has 0 aliphatic heterocycles. The standard InChI is InChI=1S/C14H24N2O5/c1-2-21-12(19)6-9-15-13(20)16-14(10-11(17)18)7-4-3-5-8-14/h2-10H2,1H3,(H,17,18)(H2,15,16,20). The van der Waals surface area contributed by atoms with Crippen molar-refractivity contribution in [2.45, 2.75) is 57.4 Å². The van der Waals surface area contributed by atoms with E-state index in [-0.39, 0.29) is 25.4 Å². The molecule has 7 heteroatoms. The molecule has 0 spiro atoms. The van der Waals surface area contributed by atoms with Crippen LogP contribution in [0.1, 0.15) is 51.9 Å². The molecule has 0 saturated heterocycles. The lowest BCUT2D eigenvalue weighted by atomic mass is 9.79. The van der Waals surface area contributed by atoms with E-state index in [0.29, 0.717) is 19.4 Å². The monoisotopic (exact) mass is 300 g/mol. The summed E-state index contributed by atoms with van der Waals surface area (Å²) in [5.41, 5.74) is -0.669. The summed E-state index contributed by atoms with van der Waals surface area (Å²) in [4.78, 5) is 34.0. The lowest BCUT2D eigenvalue weighted by molar-refractivity contribution is -0.143. The Bertz CT molecular complexity index is 378. The smallest absolute Gasteiger partial charge is 0.315 e. The molecular weight excluding hydrogens is 276 g/mol. The average Bonchev–Trinajstić information content (AvgIpc) is 2.38. The van der Waals surface area contributed by atoms with Crippen molar-refractivity contribution >= 4 is 18.0 Å². The van der Waals surface area contributed by atoms with Crippen LogP contribution in [0.5, 0.6) is 0 Å². The zero-order valence-corrected chi connectivity index (χ0v) is 12.4. The average molecular weight is 300 g/mol. The Balaban J connectivity index is 2.41. The molecule has 1 fully saturated rings. The van der Waals surface area contributed by atoms with Crippen LogP contribution in [-0.2, 0) is 14.3 Å². The van der Waals surface area contributed by atoms with Gasteiger partial charge in [-0.3, -0.25) is 9.59 Å². The van der Waals surface area contributed by atoms with Gasteiger partial charge in [0.1, 0.15) is 0 Å². The first-order valence-corrected chi connectivity index (χ1v) is 7.41. The number of esters is 1. The third kappa shape index (κ3) is 6.46. The predicted molar refractivity (Wildman–Crippen MR) is 75.9 cm³/mol. The van der Waals surface area contributed by atoms with Gasteiger partial charge < -0.3 is 20.5 Å². The number of hydrogen-bond donors (Lipinski definition) is 3. The molecule has 2 amide bonds. The molecule has 0 radical (unpaired) electrons. The molecule has 1 aliphatic carbocycles. The maximum atomic E-state index is 11.9. The Labute approximate surface area is 124 Å². The van der Waals surface area contributed by atoms with Crippen LogP contribution in [0.25, 0.3) is 0 Å². The molecule has 1 aliphatic rings. The van der Waals surface area contributed by atoms with Gasteiger partial charge in [0.05, 0.1) is 25.0 Å². The van der Waals surface area contributed by atoms with Gasteiger partial charge in [0.2, 0.25) is 0 Å². The molecule has 0 unspecified atom stereocenters. The van der Waals surface area contributed by atoms with Crippen molar-refractivity contribution < 1.29 is 24.2 Å². The number of aliphatic carboxylic acids is 1. The Morgan fingerprint density at radius 2 is 1.86 bits per heavy atom. The van der Waals surface area contributed by atoms with Crippen molar-refractivity contribution in [3.63, 3.8) is 0 Å².